The van der Waals surface area contributed by atoms with Gasteiger partial charge in [-0.1, -0.05) is 0 Å². The van der Waals surface area contributed by atoms with Gasteiger partial charge in [-0.15, -0.1) is 0 Å². The summed E-state index contributed by atoms with van der Waals surface area (Å²) in [4.78, 5) is 16.0. The van der Waals surface area contributed by atoms with Crippen LogP contribution < -0.4 is 9.64 Å². The van der Waals surface area contributed by atoms with E-state index in [-0.39, 0.29) is 5.97 Å². The van der Waals surface area contributed by atoms with Crippen LogP contribution in [0.2, 0.25) is 0 Å². The van der Waals surface area contributed by atoms with Crippen molar-refractivity contribution in [2.24, 2.45) is 0 Å². The first-order valence-corrected chi connectivity index (χ1v) is 10.3. The number of carbonyl (C=O) groups excluding carboxylic acids is 1. The molecule has 2 aromatic rings. The van der Waals surface area contributed by atoms with Gasteiger partial charge in [-0.3, -0.25) is 9.69 Å². The molecule has 0 bridgehead atoms. The zero-order valence-electron chi connectivity index (χ0n) is 15.6. The van der Waals surface area contributed by atoms with E-state index in [4.69, 9.17) is 9.47 Å². The lowest BCUT2D eigenvalue weighted by Gasteiger charge is -2.36. The largest absolute Gasteiger partial charge is 0.469 e. The number of ether oxygens (including phenoxy) is 2. The first kappa shape index (κ1) is 19.9. The van der Waals surface area contributed by atoms with Gasteiger partial charge in [0.2, 0.25) is 0 Å². The molecule has 1 heterocycles. The molecule has 0 N–H and O–H groups in total. The standard InChI is InChI=1S/C21H25IN2O3/c1-26-21(25)3-2-12-23-13-15-24(16-14-23)18-6-10-20(11-7-18)27-19-8-4-17(22)5-9-19/h4-11H,2-3,12-16H2,1H3. The van der Waals surface area contributed by atoms with E-state index in [1.807, 2.05) is 36.4 Å². The summed E-state index contributed by atoms with van der Waals surface area (Å²) in [6.45, 7) is 4.97. The van der Waals surface area contributed by atoms with Crippen LogP contribution in [0.4, 0.5) is 5.69 Å². The van der Waals surface area contributed by atoms with Gasteiger partial charge in [-0.25, -0.2) is 0 Å². The lowest BCUT2D eigenvalue weighted by molar-refractivity contribution is -0.140. The van der Waals surface area contributed by atoms with Crippen molar-refractivity contribution in [3.8, 4) is 11.5 Å². The highest BCUT2D eigenvalue weighted by atomic mass is 127. The Kier molecular flexibility index (Phi) is 7.34. The van der Waals surface area contributed by atoms with E-state index in [2.05, 4.69) is 44.5 Å². The fourth-order valence-electron chi connectivity index (χ4n) is 3.14. The van der Waals surface area contributed by atoms with Gasteiger partial charge in [0.15, 0.2) is 0 Å². The molecule has 5 nitrogen and oxygen atoms in total. The van der Waals surface area contributed by atoms with Crippen molar-refractivity contribution in [2.75, 3.05) is 44.7 Å². The van der Waals surface area contributed by atoms with Crippen molar-refractivity contribution in [2.45, 2.75) is 12.8 Å². The normalized spacial score (nSPS) is 14.8. The van der Waals surface area contributed by atoms with Crippen molar-refractivity contribution < 1.29 is 14.3 Å². The van der Waals surface area contributed by atoms with E-state index in [1.54, 1.807) is 0 Å². The first-order valence-electron chi connectivity index (χ1n) is 9.21. The summed E-state index contributed by atoms with van der Waals surface area (Å²) in [5.41, 5.74) is 1.22. The number of hydrogen-bond acceptors (Lipinski definition) is 5. The summed E-state index contributed by atoms with van der Waals surface area (Å²) in [6, 6.07) is 16.3. The molecule has 6 heteroatoms. The Morgan fingerprint density at radius 1 is 0.963 bits per heavy atom. The van der Waals surface area contributed by atoms with Crippen LogP contribution in [0.1, 0.15) is 12.8 Å². The van der Waals surface area contributed by atoms with Crippen molar-refractivity contribution in [3.05, 3.63) is 52.1 Å². The van der Waals surface area contributed by atoms with Crippen molar-refractivity contribution in [3.63, 3.8) is 0 Å². The summed E-state index contributed by atoms with van der Waals surface area (Å²) < 4.78 is 11.8. The van der Waals surface area contributed by atoms with Gasteiger partial charge < -0.3 is 14.4 Å². The van der Waals surface area contributed by atoms with Crippen LogP contribution >= 0.6 is 22.6 Å². The topological polar surface area (TPSA) is 42.0 Å². The minimum atomic E-state index is -0.124. The minimum Gasteiger partial charge on any atom is -0.469 e. The maximum absolute atomic E-state index is 11.2. The summed E-state index contributed by atoms with van der Waals surface area (Å²) in [5, 5.41) is 0. The molecule has 1 saturated heterocycles. The predicted molar refractivity (Wildman–Crippen MR) is 116 cm³/mol. The minimum absolute atomic E-state index is 0.124. The second-order valence-corrected chi connectivity index (χ2v) is 7.80. The summed E-state index contributed by atoms with van der Waals surface area (Å²) in [5.74, 6) is 1.58. The van der Waals surface area contributed by atoms with E-state index in [0.717, 1.165) is 50.6 Å². The summed E-state index contributed by atoms with van der Waals surface area (Å²) in [7, 11) is 1.44. The smallest absolute Gasteiger partial charge is 0.305 e. The Labute approximate surface area is 174 Å². The lowest BCUT2D eigenvalue weighted by Crippen LogP contribution is -2.46. The monoisotopic (exact) mass is 480 g/mol. The van der Waals surface area contributed by atoms with Crippen molar-refractivity contribution in [1.29, 1.82) is 0 Å². The van der Waals surface area contributed by atoms with E-state index in [9.17, 15) is 4.79 Å². The molecule has 144 valence electrons. The van der Waals surface area contributed by atoms with Gasteiger partial charge in [-0.05, 0) is 84.1 Å². The molecule has 0 atom stereocenters. The molecule has 0 saturated carbocycles. The van der Waals surface area contributed by atoms with Crippen LogP contribution in [0.5, 0.6) is 11.5 Å². The molecular weight excluding hydrogens is 455 g/mol. The van der Waals surface area contributed by atoms with Gasteiger partial charge in [0, 0.05) is 41.9 Å². The molecule has 0 spiro atoms. The molecule has 1 aliphatic heterocycles. The molecule has 0 aromatic heterocycles. The number of rotatable bonds is 7. The quantitative estimate of drug-likeness (QED) is 0.440. The van der Waals surface area contributed by atoms with Crippen LogP contribution in [0.25, 0.3) is 0 Å². The Bertz CT molecular complexity index is 726. The number of carbonyl (C=O) groups is 1. The fraction of sp³-hybridized carbons (Fsp3) is 0.381. The maximum Gasteiger partial charge on any atom is 0.305 e. The van der Waals surface area contributed by atoms with E-state index in [1.165, 1.54) is 16.4 Å². The Morgan fingerprint density at radius 3 is 2.15 bits per heavy atom. The zero-order valence-corrected chi connectivity index (χ0v) is 17.7. The van der Waals surface area contributed by atoms with Crippen molar-refractivity contribution >= 4 is 34.2 Å². The van der Waals surface area contributed by atoms with Crippen molar-refractivity contribution in [1.82, 2.24) is 4.90 Å². The molecule has 1 aliphatic rings. The van der Waals surface area contributed by atoms with Gasteiger partial charge in [0.25, 0.3) is 0 Å². The maximum atomic E-state index is 11.2. The molecule has 0 unspecified atom stereocenters. The average Bonchev–Trinajstić information content (AvgIpc) is 2.71. The van der Waals surface area contributed by atoms with Gasteiger partial charge >= 0.3 is 5.97 Å². The van der Waals surface area contributed by atoms with Gasteiger partial charge in [-0.2, -0.15) is 0 Å². The van der Waals surface area contributed by atoms with Gasteiger partial charge in [0.05, 0.1) is 7.11 Å². The number of methoxy groups -OCH3 is 1. The highest BCUT2D eigenvalue weighted by Gasteiger charge is 2.17. The van der Waals surface area contributed by atoms with E-state index in [0.29, 0.717) is 6.42 Å². The third-order valence-corrected chi connectivity index (χ3v) is 5.43. The Balaban J connectivity index is 1.45. The second-order valence-electron chi connectivity index (χ2n) is 6.56. The third kappa shape index (κ3) is 6.10. The van der Waals surface area contributed by atoms with Crippen LogP contribution in [-0.4, -0.2) is 50.7 Å². The highest BCUT2D eigenvalue weighted by Crippen LogP contribution is 2.25. The molecule has 0 aliphatic carbocycles. The molecule has 0 amide bonds. The van der Waals surface area contributed by atoms with E-state index >= 15 is 0 Å². The number of esters is 1. The zero-order chi connectivity index (χ0) is 19.1. The first-order chi connectivity index (χ1) is 13.1. The SMILES string of the molecule is COC(=O)CCCN1CCN(c2ccc(Oc3ccc(I)cc3)cc2)CC1. The summed E-state index contributed by atoms with van der Waals surface area (Å²) in [6.07, 6.45) is 1.36. The number of halogens is 1. The van der Waals surface area contributed by atoms with Gasteiger partial charge in [0.1, 0.15) is 11.5 Å². The third-order valence-electron chi connectivity index (χ3n) is 4.71. The highest BCUT2D eigenvalue weighted by molar-refractivity contribution is 14.1. The average molecular weight is 480 g/mol. The molecule has 1 fully saturated rings. The fourth-order valence-corrected chi connectivity index (χ4v) is 3.50. The van der Waals surface area contributed by atoms with Crippen LogP contribution in [-0.2, 0) is 9.53 Å². The predicted octanol–water partition coefficient (Wildman–Crippen LogP) is 4.16. The molecule has 2 aromatic carbocycles. The van der Waals surface area contributed by atoms with Crippen LogP contribution in [0.3, 0.4) is 0 Å². The number of piperazine rings is 1. The lowest BCUT2D eigenvalue weighted by atomic mass is 10.2. The second kappa shape index (κ2) is 9.94. The Morgan fingerprint density at radius 2 is 1.56 bits per heavy atom. The Hall–Kier alpha value is -1.80. The number of anilines is 1. The number of hydrogen-bond donors (Lipinski definition) is 0. The molecule has 3 rings (SSSR count). The number of nitrogens with zero attached hydrogens (tertiary/aromatic N) is 2. The molecule has 27 heavy (non-hydrogen) atoms. The van der Waals surface area contributed by atoms with E-state index < -0.39 is 0 Å². The molecular formula is C21H25IN2O3. The van der Waals surface area contributed by atoms with Crippen LogP contribution in [0.15, 0.2) is 48.5 Å². The molecule has 0 radical (unpaired) electrons. The summed E-state index contributed by atoms with van der Waals surface area (Å²) >= 11 is 2.28. The van der Waals surface area contributed by atoms with Crippen LogP contribution in [0, 0.1) is 3.57 Å². The number of benzene rings is 2.